The number of rotatable bonds is 2. The SMILES string of the molecule is Cc1ccc2ccc(-c3c4ccccc4c(-c4ccc5ccc(C)cc5c4)c4ccccc34)cc2c1. The van der Waals surface area contributed by atoms with Crippen LogP contribution in [0.3, 0.4) is 0 Å². The molecule has 0 radical (unpaired) electrons. The molecule has 36 heavy (non-hydrogen) atoms. The number of aryl methyl sites for hydroxylation is 2. The van der Waals surface area contributed by atoms with E-state index in [-0.39, 0.29) is 0 Å². The molecule has 0 unspecified atom stereocenters. The van der Waals surface area contributed by atoms with E-state index in [0.717, 1.165) is 0 Å². The van der Waals surface area contributed by atoms with E-state index in [1.165, 1.54) is 76.5 Å². The van der Waals surface area contributed by atoms with Gasteiger partial charge >= 0.3 is 0 Å². The van der Waals surface area contributed by atoms with E-state index >= 15 is 0 Å². The van der Waals surface area contributed by atoms with Crippen LogP contribution in [-0.2, 0) is 0 Å². The summed E-state index contributed by atoms with van der Waals surface area (Å²) in [6.45, 7) is 4.33. The van der Waals surface area contributed by atoms with E-state index in [1.807, 2.05) is 0 Å². The Morgan fingerprint density at radius 1 is 0.333 bits per heavy atom. The molecule has 0 saturated carbocycles. The Bertz CT molecular complexity index is 1760. The van der Waals surface area contributed by atoms with E-state index in [9.17, 15) is 0 Å². The van der Waals surface area contributed by atoms with Crippen LogP contribution in [0, 0.1) is 13.8 Å². The van der Waals surface area contributed by atoms with Crippen molar-refractivity contribution in [1.82, 2.24) is 0 Å². The van der Waals surface area contributed by atoms with Crippen LogP contribution < -0.4 is 0 Å². The monoisotopic (exact) mass is 458 g/mol. The number of fused-ring (bicyclic) bond motifs is 4. The maximum atomic E-state index is 2.36. The molecule has 0 aliphatic heterocycles. The Hall–Kier alpha value is -4.42. The maximum absolute atomic E-state index is 2.36. The van der Waals surface area contributed by atoms with Crippen molar-refractivity contribution in [3.05, 3.63) is 132 Å². The molecule has 0 aliphatic rings. The van der Waals surface area contributed by atoms with Crippen molar-refractivity contribution < 1.29 is 0 Å². The summed E-state index contributed by atoms with van der Waals surface area (Å²) in [4.78, 5) is 0. The van der Waals surface area contributed by atoms with E-state index in [1.54, 1.807) is 0 Å². The van der Waals surface area contributed by atoms with Gasteiger partial charge in [0.05, 0.1) is 0 Å². The Balaban J connectivity index is 1.59. The summed E-state index contributed by atoms with van der Waals surface area (Å²) >= 11 is 0. The first-order valence-corrected chi connectivity index (χ1v) is 12.6. The largest absolute Gasteiger partial charge is 0.0616 e. The lowest BCUT2D eigenvalue weighted by atomic mass is 9.85. The van der Waals surface area contributed by atoms with Crippen molar-refractivity contribution in [2.24, 2.45) is 0 Å². The van der Waals surface area contributed by atoms with Crippen LogP contribution >= 0.6 is 0 Å². The van der Waals surface area contributed by atoms with Gasteiger partial charge in [-0.2, -0.15) is 0 Å². The summed E-state index contributed by atoms with van der Waals surface area (Å²) in [5.41, 5.74) is 7.73. The van der Waals surface area contributed by atoms with Crippen molar-refractivity contribution in [2.75, 3.05) is 0 Å². The highest BCUT2D eigenvalue weighted by molar-refractivity contribution is 6.22. The van der Waals surface area contributed by atoms with Gasteiger partial charge in [0, 0.05) is 0 Å². The second-order valence-corrected chi connectivity index (χ2v) is 9.97. The zero-order valence-corrected chi connectivity index (χ0v) is 20.5. The van der Waals surface area contributed by atoms with Crippen molar-refractivity contribution in [1.29, 1.82) is 0 Å². The predicted molar refractivity (Wildman–Crippen MR) is 157 cm³/mol. The van der Waals surface area contributed by atoms with Gasteiger partial charge < -0.3 is 0 Å². The average Bonchev–Trinajstić information content (AvgIpc) is 2.90. The lowest BCUT2D eigenvalue weighted by Crippen LogP contribution is -1.91. The summed E-state index contributed by atoms with van der Waals surface area (Å²) in [7, 11) is 0. The van der Waals surface area contributed by atoms with Gasteiger partial charge in [-0.3, -0.25) is 0 Å². The summed E-state index contributed by atoms with van der Waals surface area (Å²) < 4.78 is 0. The second kappa shape index (κ2) is 8.07. The molecule has 0 N–H and O–H groups in total. The number of benzene rings is 7. The van der Waals surface area contributed by atoms with Gasteiger partial charge in [0.1, 0.15) is 0 Å². The van der Waals surface area contributed by atoms with Crippen molar-refractivity contribution in [3.63, 3.8) is 0 Å². The van der Waals surface area contributed by atoms with Crippen LogP contribution in [0.4, 0.5) is 0 Å². The van der Waals surface area contributed by atoms with Gasteiger partial charge in [0.2, 0.25) is 0 Å². The van der Waals surface area contributed by atoms with E-state index in [4.69, 9.17) is 0 Å². The molecule has 0 atom stereocenters. The molecule has 0 saturated heterocycles. The molecular weight excluding hydrogens is 432 g/mol. The Morgan fingerprint density at radius 3 is 1.08 bits per heavy atom. The van der Waals surface area contributed by atoms with Crippen LogP contribution in [0.25, 0.3) is 65.3 Å². The lowest BCUT2D eigenvalue weighted by molar-refractivity contribution is 1.50. The van der Waals surface area contributed by atoms with Gasteiger partial charge in [-0.1, -0.05) is 120 Å². The third-order valence-corrected chi connectivity index (χ3v) is 7.50. The fourth-order valence-electron chi connectivity index (χ4n) is 5.79. The summed E-state index contributed by atoms with van der Waals surface area (Å²) in [6.07, 6.45) is 0. The van der Waals surface area contributed by atoms with Gasteiger partial charge in [-0.25, -0.2) is 0 Å². The molecule has 7 aromatic carbocycles. The Kier molecular flexibility index (Phi) is 4.69. The lowest BCUT2D eigenvalue weighted by Gasteiger charge is -2.18. The second-order valence-electron chi connectivity index (χ2n) is 9.97. The number of hydrogen-bond donors (Lipinski definition) is 0. The predicted octanol–water partition coefficient (Wildman–Crippen LogP) is 10.3. The molecule has 0 heteroatoms. The fourth-order valence-corrected chi connectivity index (χ4v) is 5.79. The normalized spacial score (nSPS) is 11.6. The quantitative estimate of drug-likeness (QED) is 0.226. The maximum Gasteiger partial charge on any atom is -0.00262 e. The fraction of sp³-hybridized carbons (Fsp3) is 0.0556. The summed E-state index contributed by atoms with van der Waals surface area (Å²) in [5, 5.41) is 10.3. The van der Waals surface area contributed by atoms with Crippen LogP contribution in [0.5, 0.6) is 0 Å². The van der Waals surface area contributed by atoms with Crippen LogP contribution in [-0.4, -0.2) is 0 Å². The zero-order valence-electron chi connectivity index (χ0n) is 20.5. The summed E-state index contributed by atoms with van der Waals surface area (Å²) in [5.74, 6) is 0. The highest BCUT2D eigenvalue weighted by atomic mass is 14.2. The molecular formula is C36H26. The topological polar surface area (TPSA) is 0 Å². The Morgan fingerprint density at radius 2 is 0.694 bits per heavy atom. The van der Waals surface area contributed by atoms with Gasteiger partial charge in [0.25, 0.3) is 0 Å². The van der Waals surface area contributed by atoms with Crippen LogP contribution in [0.15, 0.2) is 121 Å². The van der Waals surface area contributed by atoms with Gasteiger partial charge in [-0.05, 0) is 91.3 Å². The van der Waals surface area contributed by atoms with Crippen molar-refractivity contribution >= 4 is 43.1 Å². The van der Waals surface area contributed by atoms with Gasteiger partial charge in [-0.15, -0.1) is 0 Å². The van der Waals surface area contributed by atoms with E-state index in [0.29, 0.717) is 0 Å². The van der Waals surface area contributed by atoms with Gasteiger partial charge in [0.15, 0.2) is 0 Å². The Labute approximate surface area is 211 Å². The highest BCUT2D eigenvalue weighted by Crippen LogP contribution is 2.44. The first kappa shape index (κ1) is 20.9. The smallest absolute Gasteiger partial charge is 0.00262 e. The molecule has 0 aliphatic carbocycles. The average molecular weight is 459 g/mol. The van der Waals surface area contributed by atoms with Crippen LogP contribution in [0.1, 0.15) is 11.1 Å². The van der Waals surface area contributed by atoms with Crippen molar-refractivity contribution in [2.45, 2.75) is 13.8 Å². The molecule has 0 bridgehead atoms. The molecule has 170 valence electrons. The van der Waals surface area contributed by atoms with E-state index < -0.39 is 0 Å². The van der Waals surface area contributed by atoms with E-state index in [2.05, 4.69) is 135 Å². The highest BCUT2D eigenvalue weighted by Gasteiger charge is 2.17. The van der Waals surface area contributed by atoms with Crippen LogP contribution in [0.2, 0.25) is 0 Å². The zero-order chi connectivity index (χ0) is 24.2. The molecule has 0 aromatic heterocycles. The molecule has 7 aromatic rings. The molecule has 0 fully saturated rings. The molecule has 0 heterocycles. The standard InChI is InChI=1S/C36H26/c1-23-11-13-25-15-17-27(21-29(25)19-23)35-31-7-3-5-9-33(31)36(34-10-6-4-8-32(34)35)28-18-16-26-14-12-24(2)20-30(26)22-28/h3-22H,1-2H3. The van der Waals surface area contributed by atoms with Crippen molar-refractivity contribution in [3.8, 4) is 22.3 Å². The molecule has 0 nitrogen and oxygen atoms in total. The number of hydrogen-bond acceptors (Lipinski definition) is 0. The third kappa shape index (κ3) is 3.30. The molecule has 0 amide bonds. The first-order chi connectivity index (χ1) is 17.7. The minimum atomic E-state index is 1.26. The minimum Gasteiger partial charge on any atom is -0.0616 e. The summed E-state index contributed by atoms with van der Waals surface area (Å²) in [6, 6.07) is 45.0. The minimum absolute atomic E-state index is 1.26. The first-order valence-electron chi connectivity index (χ1n) is 12.6. The molecule has 7 rings (SSSR count). The molecule has 0 spiro atoms. The third-order valence-electron chi connectivity index (χ3n) is 7.50.